The summed E-state index contributed by atoms with van der Waals surface area (Å²) in [5.41, 5.74) is -11.4. The first-order valence-electron chi connectivity index (χ1n) is 20.7. The summed E-state index contributed by atoms with van der Waals surface area (Å²) in [4.78, 5) is 12.9. The first-order valence-corrected chi connectivity index (χ1v) is 20.7. The fourth-order valence-electron chi connectivity index (χ4n) is 8.88. The van der Waals surface area contributed by atoms with Crippen molar-refractivity contribution in [1.29, 1.82) is 0 Å². The summed E-state index contributed by atoms with van der Waals surface area (Å²) in [6.45, 7) is 0.303. The summed E-state index contributed by atoms with van der Waals surface area (Å²) in [5, 5.41) is 4.79. The molecule has 0 fully saturated rings. The van der Waals surface area contributed by atoms with Gasteiger partial charge in [-0.2, -0.15) is 4.57 Å². The molecule has 23 heteroatoms. The maximum Gasteiger partial charge on any atom is 0.227 e. The molecule has 378 valence electrons. The molecule has 0 radical (unpaired) electrons. The van der Waals surface area contributed by atoms with Crippen LogP contribution >= 0.6 is 0 Å². The number of aromatic nitrogens is 1. The number of Topliss-reactive ketones (excluding diaryl/α,β-unsaturated/α-hetero) is 1. The van der Waals surface area contributed by atoms with Crippen molar-refractivity contribution in [3.63, 3.8) is 0 Å². The Balaban J connectivity index is 0.000000215. The average Bonchev–Trinajstić information content (AvgIpc) is 3.40. The van der Waals surface area contributed by atoms with Crippen molar-refractivity contribution >= 4 is 55.3 Å². The molecule has 0 amide bonds. The molecule has 0 aliphatic heterocycles. The number of ketones is 1. The second-order valence-corrected chi connectivity index (χ2v) is 16.0. The first kappa shape index (κ1) is 52.1. The summed E-state index contributed by atoms with van der Waals surface area (Å²) in [6.07, 6.45) is -5.22. The largest absolute Gasteiger partial charge is 0.287 e. The third kappa shape index (κ3) is 8.04. The van der Waals surface area contributed by atoms with Gasteiger partial charge in [0, 0.05) is 17.7 Å². The van der Waals surface area contributed by atoms with Gasteiger partial charge in [0.2, 0.25) is 18.0 Å². The lowest BCUT2D eigenvalue weighted by atomic mass is 9.12. The van der Waals surface area contributed by atoms with Crippen LogP contribution in [0, 0.1) is 116 Å². The highest BCUT2D eigenvalue weighted by molar-refractivity contribution is 7.20. The smallest absolute Gasteiger partial charge is 0.227 e. The van der Waals surface area contributed by atoms with Gasteiger partial charge in [0.1, 0.15) is 52.7 Å². The number of rotatable bonds is 8. The molecule has 0 N–H and O–H groups in total. The van der Waals surface area contributed by atoms with E-state index in [4.69, 9.17) is 0 Å². The minimum absolute atomic E-state index is 0.104. The van der Waals surface area contributed by atoms with E-state index in [1.165, 1.54) is 27.1 Å². The van der Waals surface area contributed by atoms with Crippen LogP contribution < -0.4 is 26.4 Å². The van der Waals surface area contributed by atoms with Gasteiger partial charge in [0.25, 0.3) is 0 Å². The van der Waals surface area contributed by atoms with Crippen molar-refractivity contribution in [2.45, 2.75) is 6.54 Å². The molecule has 0 atom stereocenters. The standard InChI is InChI=1S/C27H20NO.C24BF20/c29-26(20-10-2-1-3-11-20)19-28-17-9-8-16-25(28)27-23-14-6-4-12-21(23)18-22-13-5-7-15-24(22)27;26-5-1(6(27)14(35)21(42)13(5)34)25(2-7(28)15(36)22(43)16(37)8(2)29,3-9(30)17(38)23(44)18(39)10(3)31)4-11(32)19(40)24(45)20(41)12(4)33/h1-18H,19H2;/q+1;-1. The Kier molecular flexibility index (Phi) is 13.8. The van der Waals surface area contributed by atoms with Crippen LogP contribution in [0.25, 0.3) is 32.8 Å². The predicted molar refractivity (Wildman–Crippen MR) is 227 cm³/mol. The monoisotopic (exact) mass is 1050 g/mol. The van der Waals surface area contributed by atoms with Crippen molar-refractivity contribution in [2.75, 3.05) is 0 Å². The lowest BCUT2D eigenvalue weighted by Crippen LogP contribution is -2.81. The Morgan fingerprint density at radius 3 is 0.959 bits per heavy atom. The van der Waals surface area contributed by atoms with Crippen LogP contribution in [0.1, 0.15) is 10.4 Å². The maximum atomic E-state index is 15.4. The summed E-state index contributed by atoms with van der Waals surface area (Å²) >= 11 is 0. The van der Waals surface area contributed by atoms with Crippen LogP contribution in [0.4, 0.5) is 87.8 Å². The highest BCUT2D eigenvalue weighted by Gasteiger charge is 2.52. The summed E-state index contributed by atoms with van der Waals surface area (Å²) < 4.78 is 296. The van der Waals surface area contributed by atoms with Gasteiger partial charge in [0.05, 0.1) is 5.56 Å². The SMILES string of the molecule is Fc1c(F)c(F)c([B-](c2c(F)c(F)c(F)c(F)c2F)(c2c(F)c(F)c(F)c(F)c2F)c2c(F)c(F)c(F)c(F)c2F)c(F)c1F.O=C(C[n+]1ccccc1-c1c2ccccc2cc2ccccc12)c1ccccc1. The van der Waals surface area contributed by atoms with E-state index >= 15 is 35.1 Å². The van der Waals surface area contributed by atoms with E-state index in [2.05, 4.69) is 65.2 Å². The molecule has 0 saturated heterocycles. The Hall–Kier alpha value is -8.24. The fraction of sp³-hybridized carbons (Fsp3) is 0.0196. The van der Waals surface area contributed by atoms with E-state index in [-0.39, 0.29) is 5.78 Å². The zero-order valence-electron chi connectivity index (χ0n) is 36.1. The molecule has 74 heavy (non-hydrogen) atoms. The summed E-state index contributed by atoms with van der Waals surface area (Å²) in [7, 11) is 0. The summed E-state index contributed by atoms with van der Waals surface area (Å²) in [5.74, 6) is -71.3. The van der Waals surface area contributed by atoms with E-state index in [0.29, 0.717) is 6.54 Å². The Labute approximate surface area is 400 Å². The molecule has 1 aromatic heterocycles. The van der Waals surface area contributed by atoms with Gasteiger partial charge < -0.3 is 0 Å². The van der Waals surface area contributed by atoms with Crippen LogP contribution in [0.15, 0.2) is 109 Å². The Morgan fingerprint density at radius 1 is 0.338 bits per heavy atom. The number of nitrogens with zero attached hydrogens (tertiary/aromatic N) is 1. The number of benzene rings is 8. The van der Waals surface area contributed by atoms with E-state index in [9.17, 15) is 57.5 Å². The van der Waals surface area contributed by atoms with Gasteiger partial charge in [-0.25, -0.2) is 87.8 Å². The van der Waals surface area contributed by atoms with Crippen LogP contribution in [-0.2, 0) is 6.54 Å². The zero-order valence-corrected chi connectivity index (χ0v) is 36.1. The third-order valence-electron chi connectivity index (χ3n) is 12.1. The van der Waals surface area contributed by atoms with Gasteiger partial charge in [-0.15, -0.1) is 21.9 Å². The maximum absolute atomic E-state index is 15.4. The number of pyridine rings is 1. The number of halogens is 20. The molecular weight excluding hydrogens is 1030 g/mol. The number of hydrogen-bond acceptors (Lipinski definition) is 1. The minimum atomic E-state index is -7.22. The average molecular weight is 1050 g/mol. The molecule has 0 aliphatic rings. The van der Waals surface area contributed by atoms with Crippen LogP contribution in [0.2, 0.25) is 0 Å². The van der Waals surface area contributed by atoms with E-state index in [0.717, 1.165) is 11.3 Å². The second kappa shape index (κ2) is 19.6. The fourth-order valence-corrected chi connectivity index (χ4v) is 8.88. The number of fused-ring (bicyclic) bond motifs is 2. The highest BCUT2D eigenvalue weighted by Crippen LogP contribution is 2.36. The van der Waals surface area contributed by atoms with Crippen molar-refractivity contribution in [3.8, 4) is 11.3 Å². The third-order valence-corrected chi connectivity index (χ3v) is 12.1. The number of carbonyl (C=O) groups excluding carboxylic acids is 1. The summed E-state index contributed by atoms with van der Waals surface area (Å²) in [6, 6.07) is 34.7. The highest BCUT2D eigenvalue weighted by atomic mass is 19.2. The van der Waals surface area contributed by atoms with Crippen molar-refractivity contribution in [1.82, 2.24) is 0 Å². The van der Waals surface area contributed by atoms with Gasteiger partial charge in [-0.1, -0.05) is 78.9 Å². The molecule has 1 heterocycles. The molecular formula is C51H20BF20NO. The van der Waals surface area contributed by atoms with E-state index in [1.807, 2.05) is 48.7 Å². The van der Waals surface area contributed by atoms with Crippen LogP contribution in [0.5, 0.6) is 0 Å². The number of hydrogen-bond donors (Lipinski definition) is 0. The van der Waals surface area contributed by atoms with Gasteiger partial charge >= 0.3 is 0 Å². The predicted octanol–water partition coefficient (Wildman–Crippen LogP) is 11.7. The van der Waals surface area contributed by atoms with Crippen molar-refractivity contribution in [3.05, 3.63) is 231 Å². The molecule has 8 aromatic carbocycles. The first-order chi connectivity index (χ1) is 35.0. The molecule has 2 nitrogen and oxygen atoms in total. The van der Waals surface area contributed by atoms with Crippen LogP contribution in [-0.4, -0.2) is 11.9 Å². The molecule has 0 bridgehead atoms. The van der Waals surface area contributed by atoms with Gasteiger partial charge in [0.15, 0.2) is 76.0 Å². The van der Waals surface area contributed by atoms with Gasteiger partial charge in [-0.05, 0) is 33.7 Å². The number of carbonyl (C=O) groups is 1. The van der Waals surface area contributed by atoms with Crippen LogP contribution in [0.3, 0.4) is 0 Å². The van der Waals surface area contributed by atoms with Crippen molar-refractivity contribution < 1.29 is 97.2 Å². The molecule has 0 unspecified atom stereocenters. The quantitative estimate of drug-likeness (QED) is 0.0283. The Morgan fingerprint density at radius 2 is 0.622 bits per heavy atom. The molecule has 9 aromatic rings. The molecule has 0 spiro atoms. The molecule has 0 aliphatic carbocycles. The Bertz CT molecular complexity index is 3360. The molecule has 0 saturated carbocycles. The van der Waals surface area contributed by atoms with Crippen molar-refractivity contribution in [2.24, 2.45) is 0 Å². The zero-order chi connectivity index (χ0) is 54.0. The van der Waals surface area contributed by atoms with E-state index < -0.39 is 144 Å². The van der Waals surface area contributed by atoms with Gasteiger partial charge in [-0.3, -0.25) is 4.79 Å². The van der Waals surface area contributed by atoms with E-state index in [1.54, 1.807) is 0 Å². The second-order valence-electron chi connectivity index (χ2n) is 16.0. The normalized spacial score (nSPS) is 11.6. The minimum Gasteiger partial charge on any atom is -0.287 e. The topological polar surface area (TPSA) is 20.9 Å². The molecule has 9 rings (SSSR count). The lowest BCUT2D eigenvalue weighted by molar-refractivity contribution is -0.672. The lowest BCUT2D eigenvalue weighted by Gasteiger charge is -2.44.